The molecule has 2 atom stereocenters. The second-order valence-electron chi connectivity index (χ2n) is 2.98. The fourth-order valence-electron chi connectivity index (χ4n) is 1.13. The summed E-state index contributed by atoms with van der Waals surface area (Å²) in [6, 6.07) is 0. The topological polar surface area (TPSA) is 78.9 Å². The van der Waals surface area contributed by atoms with Gasteiger partial charge in [0.2, 0.25) is 5.44 Å². The van der Waals surface area contributed by atoms with E-state index in [2.05, 4.69) is 13.7 Å². The Balaban J connectivity index is 2.66. The van der Waals surface area contributed by atoms with Crippen LogP contribution in [0.5, 0.6) is 0 Å². The summed E-state index contributed by atoms with van der Waals surface area (Å²) in [6.07, 6.45) is -0.617. The van der Waals surface area contributed by atoms with Crippen LogP contribution < -0.4 is 0 Å². The van der Waals surface area contributed by atoms with Crippen molar-refractivity contribution in [2.24, 2.45) is 0 Å². The number of carbonyl (C=O) groups excluding carboxylic acids is 1. The van der Waals surface area contributed by atoms with Gasteiger partial charge in [-0.3, -0.25) is 4.18 Å². The highest BCUT2D eigenvalue weighted by Gasteiger charge is 2.36. The number of hydrogen-bond acceptors (Lipinski definition) is 6. The lowest BCUT2D eigenvalue weighted by Crippen LogP contribution is -2.36. The van der Waals surface area contributed by atoms with Crippen molar-refractivity contribution in [3.05, 3.63) is 0 Å². The standard InChI is InChI=1S/C7H12O6S/c1-5-3-4-6(12-7(8)11-2)14(9,10)13-5/h5-6H,3-4H2,1-2H3. The molecule has 0 bridgehead atoms. The van der Waals surface area contributed by atoms with Crippen LogP contribution in [0.1, 0.15) is 19.8 Å². The fraction of sp³-hybridized carbons (Fsp3) is 0.857. The SMILES string of the molecule is COC(=O)OC1CCC(C)OS1(=O)=O. The lowest BCUT2D eigenvalue weighted by molar-refractivity contribution is 0.0397. The molecule has 0 aromatic rings. The third-order valence-corrected chi connectivity index (χ3v) is 3.40. The highest BCUT2D eigenvalue weighted by Crippen LogP contribution is 2.23. The average molecular weight is 224 g/mol. The van der Waals surface area contributed by atoms with E-state index in [9.17, 15) is 13.2 Å². The van der Waals surface area contributed by atoms with Crippen LogP contribution in [0.2, 0.25) is 0 Å². The van der Waals surface area contributed by atoms with Gasteiger partial charge in [-0.25, -0.2) is 4.79 Å². The lowest BCUT2D eigenvalue weighted by atomic mass is 10.2. The van der Waals surface area contributed by atoms with Gasteiger partial charge in [-0.2, -0.15) is 8.42 Å². The van der Waals surface area contributed by atoms with Crippen LogP contribution in [-0.2, 0) is 23.8 Å². The minimum Gasteiger partial charge on any atom is -0.438 e. The highest BCUT2D eigenvalue weighted by molar-refractivity contribution is 7.87. The van der Waals surface area contributed by atoms with Crippen LogP contribution in [0.4, 0.5) is 4.79 Å². The Bertz CT molecular complexity index is 308. The normalized spacial score (nSPS) is 30.7. The third-order valence-electron chi connectivity index (χ3n) is 1.82. The van der Waals surface area contributed by atoms with E-state index in [1.54, 1.807) is 6.92 Å². The van der Waals surface area contributed by atoms with Crippen LogP contribution in [-0.4, -0.2) is 33.2 Å². The van der Waals surface area contributed by atoms with Gasteiger partial charge in [-0.15, -0.1) is 0 Å². The van der Waals surface area contributed by atoms with Crippen molar-refractivity contribution in [1.82, 2.24) is 0 Å². The Hall–Kier alpha value is -0.820. The summed E-state index contributed by atoms with van der Waals surface area (Å²) < 4.78 is 36.0. The second kappa shape index (κ2) is 4.14. The van der Waals surface area contributed by atoms with Crippen molar-refractivity contribution >= 4 is 16.3 Å². The van der Waals surface area contributed by atoms with Gasteiger partial charge in [0.05, 0.1) is 13.2 Å². The molecule has 1 aliphatic heterocycles. The maximum Gasteiger partial charge on any atom is 0.509 e. The Labute approximate surface area is 82.3 Å². The largest absolute Gasteiger partial charge is 0.509 e. The minimum atomic E-state index is -3.80. The molecule has 1 rings (SSSR count). The van der Waals surface area contributed by atoms with E-state index in [-0.39, 0.29) is 12.5 Å². The highest BCUT2D eigenvalue weighted by atomic mass is 32.2. The molecule has 2 unspecified atom stereocenters. The molecular formula is C7H12O6S. The molecule has 0 saturated carbocycles. The Morgan fingerprint density at radius 2 is 2.07 bits per heavy atom. The quantitative estimate of drug-likeness (QED) is 0.480. The minimum absolute atomic E-state index is 0.235. The zero-order chi connectivity index (χ0) is 10.8. The second-order valence-corrected chi connectivity index (χ2v) is 4.68. The summed E-state index contributed by atoms with van der Waals surface area (Å²) in [6.45, 7) is 1.64. The maximum absolute atomic E-state index is 11.3. The molecular weight excluding hydrogens is 212 g/mol. The maximum atomic E-state index is 11.3. The van der Waals surface area contributed by atoms with Crippen molar-refractivity contribution in [3.63, 3.8) is 0 Å². The van der Waals surface area contributed by atoms with E-state index in [0.717, 1.165) is 7.11 Å². The first-order valence-corrected chi connectivity index (χ1v) is 5.59. The average Bonchev–Trinajstić information content (AvgIpc) is 2.08. The Morgan fingerprint density at radius 3 is 2.57 bits per heavy atom. The zero-order valence-corrected chi connectivity index (χ0v) is 8.74. The van der Waals surface area contributed by atoms with Gasteiger partial charge in [0, 0.05) is 6.42 Å². The summed E-state index contributed by atoms with van der Waals surface area (Å²) in [7, 11) is -2.69. The molecule has 1 saturated heterocycles. The van der Waals surface area contributed by atoms with Gasteiger partial charge in [-0.1, -0.05) is 0 Å². The van der Waals surface area contributed by atoms with E-state index in [1.807, 2.05) is 0 Å². The number of ether oxygens (including phenoxy) is 2. The predicted molar refractivity (Wildman–Crippen MR) is 46.0 cm³/mol. The van der Waals surface area contributed by atoms with Gasteiger partial charge >= 0.3 is 16.3 Å². The van der Waals surface area contributed by atoms with Gasteiger partial charge in [0.25, 0.3) is 0 Å². The van der Waals surface area contributed by atoms with Crippen molar-refractivity contribution in [3.8, 4) is 0 Å². The molecule has 7 heteroatoms. The van der Waals surface area contributed by atoms with Crippen molar-refractivity contribution in [2.75, 3.05) is 7.11 Å². The third kappa shape index (κ3) is 2.58. The molecule has 0 N–H and O–H groups in total. The van der Waals surface area contributed by atoms with Gasteiger partial charge < -0.3 is 9.47 Å². The molecule has 0 aliphatic carbocycles. The molecule has 0 aromatic carbocycles. The first-order chi connectivity index (χ1) is 6.45. The number of methoxy groups -OCH3 is 1. The van der Waals surface area contributed by atoms with E-state index < -0.39 is 21.7 Å². The number of hydrogen-bond donors (Lipinski definition) is 0. The summed E-state index contributed by atoms with van der Waals surface area (Å²) in [5, 5.41) is 0. The molecule has 0 spiro atoms. The summed E-state index contributed by atoms with van der Waals surface area (Å²) in [4.78, 5) is 10.7. The predicted octanol–water partition coefficient (Wildman–Crippen LogP) is 0.624. The van der Waals surface area contributed by atoms with Crippen molar-refractivity contribution in [1.29, 1.82) is 0 Å². The molecule has 14 heavy (non-hydrogen) atoms. The van der Waals surface area contributed by atoms with Crippen molar-refractivity contribution < 1.29 is 26.9 Å². The van der Waals surface area contributed by atoms with E-state index in [0.29, 0.717) is 6.42 Å². The fourth-order valence-corrected chi connectivity index (χ4v) is 2.43. The molecule has 1 heterocycles. The molecule has 1 aliphatic rings. The monoisotopic (exact) mass is 224 g/mol. The van der Waals surface area contributed by atoms with Crippen LogP contribution in [0.15, 0.2) is 0 Å². The van der Waals surface area contributed by atoms with Crippen LogP contribution in [0.25, 0.3) is 0 Å². The smallest absolute Gasteiger partial charge is 0.438 e. The molecule has 6 nitrogen and oxygen atoms in total. The number of rotatable bonds is 1. The zero-order valence-electron chi connectivity index (χ0n) is 7.93. The molecule has 1 fully saturated rings. The van der Waals surface area contributed by atoms with Crippen LogP contribution in [0, 0.1) is 0 Å². The molecule has 82 valence electrons. The summed E-state index contributed by atoms with van der Waals surface area (Å²) in [5.41, 5.74) is -1.24. The first-order valence-electron chi connectivity index (χ1n) is 4.12. The molecule has 0 amide bonds. The first kappa shape index (κ1) is 11.3. The summed E-state index contributed by atoms with van der Waals surface area (Å²) >= 11 is 0. The van der Waals surface area contributed by atoms with E-state index in [1.165, 1.54) is 0 Å². The van der Waals surface area contributed by atoms with Crippen LogP contribution in [0.3, 0.4) is 0 Å². The molecule has 0 aromatic heterocycles. The Kier molecular flexibility index (Phi) is 3.33. The van der Waals surface area contributed by atoms with Gasteiger partial charge in [0.15, 0.2) is 0 Å². The summed E-state index contributed by atoms with van der Waals surface area (Å²) in [5.74, 6) is 0. The molecule has 0 radical (unpaired) electrons. The lowest BCUT2D eigenvalue weighted by Gasteiger charge is -2.25. The van der Waals surface area contributed by atoms with E-state index in [4.69, 9.17) is 0 Å². The van der Waals surface area contributed by atoms with Gasteiger partial charge in [0.1, 0.15) is 0 Å². The Morgan fingerprint density at radius 1 is 1.43 bits per heavy atom. The van der Waals surface area contributed by atoms with Crippen molar-refractivity contribution in [2.45, 2.75) is 31.3 Å². The van der Waals surface area contributed by atoms with Crippen LogP contribution >= 0.6 is 0 Å². The number of carbonyl (C=O) groups is 1. The van der Waals surface area contributed by atoms with Gasteiger partial charge in [-0.05, 0) is 13.3 Å². The van der Waals surface area contributed by atoms with E-state index >= 15 is 0 Å².